The minimum atomic E-state index is -1.20. The lowest BCUT2D eigenvalue weighted by molar-refractivity contribution is -0.130. The molecule has 0 bridgehead atoms. The third kappa shape index (κ3) is 3.43. The normalized spacial score (nSPS) is 19.6. The average molecular weight is 340 g/mol. The minimum absolute atomic E-state index is 0.0184. The van der Waals surface area contributed by atoms with Gasteiger partial charge in [0, 0.05) is 18.0 Å². The molecule has 1 unspecified atom stereocenters. The minimum Gasteiger partial charge on any atom is -0.343 e. The first-order valence-electron chi connectivity index (χ1n) is 7.96. The number of hydrogen-bond donors (Lipinski definition) is 1. The van der Waals surface area contributed by atoms with Gasteiger partial charge >= 0.3 is 0 Å². The molecule has 2 aromatic rings. The number of alkyl halides is 1. The molecule has 1 aromatic carbocycles. The van der Waals surface area contributed by atoms with E-state index in [-0.39, 0.29) is 19.5 Å². The summed E-state index contributed by atoms with van der Waals surface area (Å²) >= 11 is 0. The molecule has 2 atom stereocenters. The third-order valence-electron chi connectivity index (χ3n) is 4.26. The molecule has 0 spiro atoms. The summed E-state index contributed by atoms with van der Waals surface area (Å²) in [6.45, 7) is 1.55. The second kappa shape index (κ2) is 6.85. The Balaban J connectivity index is 1.71. The van der Waals surface area contributed by atoms with Crippen LogP contribution in [-0.4, -0.2) is 47.0 Å². The first-order valence-corrected chi connectivity index (χ1v) is 7.96. The second-order valence-corrected chi connectivity index (χ2v) is 6.09. The van der Waals surface area contributed by atoms with E-state index < -0.39 is 24.0 Å². The molecule has 2 amide bonds. The van der Waals surface area contributed by atoms with Crippen molar-refractivity contribution in [3.63, 3.8) is 0 Å². The third-order valence-corrected chi connectivity index (χ3v) is 4.26. The number of nitrogens with zero attached hydrogens (tertiary/aromatic N) is 3. The number of amides is 2. The summed E-state index contributed by atoms with van der Waals surface area (Å²) in [6, 6.07) is 8.30. The standard InChI is InChI=1S/C18H17FN4O2/c1-11-2-3-14-15(4-5-21-16(14)6-11)18(25)22-9-17(24)23-10-12(19)7-13(23)8-20/h2-6,12-13H,7,9-10H2,1H3,(H,22,25)/t12?,13-/m0/s1. The highest BCUT2D eigenvalue weighted by Gasteiger charge is 2.35. The van der Waals surface area contributed by atoms with E-state index in [2.05, 4.69) is 10.3 Å². The van der Waals surface area contributed by atoms with Crippen molar-refractivity contribution < 1.29 is 14.0 Å². The number of aryl methyl sites for hydroxylation is 1. The first kappa shape index (κ1) is 16.8. The zero-order valence-corrected chi connectivity index (χ0v) is 13.7. The topological polar surface area (TPSA) is 86.1 Å². The van der Waals surface area contributed by atoms with Gasteiger partial charge in [0.1, 0.15) is 12.2 Å². The molecule has 2 heterocycles. The molecule has 1 aromatic heterocycles. The van der Waals surface area contributed by atoms with Gasteiger partial charge in [-0.1, -0.05) is 12.1 Å². The van der Waals surface area contributed by atoms with Crippen molar-refractivity contribution >= 4 is 22.7 Å². The van der Waals surface area contributed by atoms with Gasteiger partial charge < -0.3 is 10.2 Å². The number of halogens is 1. The molecule has 128 valence electrons. The Morgan fingerprint density at radius 1 is 1.44 bits per heavy atom. The maximum absolute atomic E-state index is 13.4. The molecule has 0 aliphatic carbocycles. The summed E-state index contributed by atoms with van der Waals surface area (Å²) in [5, 5.41) is 12.2. The number of aromatic nitrogens is 1. The van der Waals surface area contributed by atoms with Crippen LogP contribution < -0.4 is 5.32 Å². The highest BCUT2D eigenvalue weighted by molar-refractivity contribution is 6.06. The van der Waals surface area contributed by atoms with Crippen molar-refractivity contribution in [3.05, 3.63) is 41.6 Å². The zero-order chi connectivity index (χ0) is 18.0. The molecule has 6 nitrogen and oxygen atoms in total. The number of hydrogen-bond acceptors (Lipinski definition) is 4. The van der Waals surface area contributed by atoms with Crippen LogP contribution >= 0.6 is 0 Å². The average Bonchev–Trinajstić information content (AvgIpc) is 2.99. The Kier molecular flexibility index (Phi) is 4.61. The number of fused-ring (bicyclic) bond motifs is 1. The quantitative estimate of drug-likeness (QED) is 0.922. The number of benzene rings is 1. The van der Waals surface area contributed by atoms with E-state index in [1.54, 1.807) is 12.3 Å². The number of carbonyl (C=O) groups excluding carboxylic acids is 2. The summed E-state index contributed by atoms with van der Waals surface area (Å²) < 4.78 is 13.4. The van der Waals surface area contributed by atoms with E-state index in [1.165, 1.54) is 4.90 Å². The summed E-state index contributed by atoms with van der Waals surface area (Å²) in [7, 11) is 0. The van der Waals surface area contributed by atoms with Gasteiger partial charge in [0.05, 0.1) is 30.2 Å². The van der Waals surface area contributed by atoms with E-state index in [4.69, 9.17) is 5.26 Å². The van der Waals surface area contributed by atoms with Crippen LogP contribution in [0.4, 0.5) is 4.39 Å². The van der Waals surface area contributed by atoms with Gasteiger partial charge in [-0.15, -0.1) is 0 Å². The predicted molar refractivity (Wildman–Crippen MR) is 89.4 cm³/mol. The first-order chi connectivity index (χ1) is 12.0. The van der Waals surface area contributed by atoms with Gasteiger partial charge in [-0.2, -0.15) is 5.26 Å². The molecule has 3 rings (SSSR count). The zero-order valence-electron chi connectivity index (χ0n) is 13.7. The summed E-state index contributed by atoms with van der Waals surface area (Å²) in [5.74, 6) is -0.872. The van der Waals surface area contributed by atoms with E-state index in [0.717, 1.165) is 5.56 Å². The van der Waals surface area contributed by atoms with Crippen molar-refractivity contribution in [1.82, 2.24) is 15.2 Å². The monoisotopic (exact) mass is 340 g/mol. The van der Waals surface area contributed by atoms with Gasteiger partial charge in [-0.05, 0) is 24.6 Å². The molecular weight excluding hydrogens is 323 g/mol. The lowest BCUT2D eigenvalue weighted by Gasteiger charge is -2.19. The largest absolute Gasteiger partial charge is 0.343 e. The maximum atomic E-state index is 13.4. The number of pyridine rings is 1. The number of likely N-dealkylation sites (tertiary alicyclic amines) is 1. The Hall–Kier alpha value is -3.01. The van der Waals surface area contributed by atoms with Gasteiger partial charge in [-0.3, -0.25) is 14.6 Å². The maximum Gasteiger partial charge on any atom is 0.252 e. The van der Waals surface area contributed by atoms with E-state index >= 15 is 0 Å². The fourth-order valence-electron chi connectivity index (χ4n) is 2.99. The number of nitrogens with one attached hydrogen (secondary N) is 1. The molecule has 1 aliphatic rings. The van der Waals surface area contributed by atoms with Crippen molar-refractivity contribution in [3.8, 4) is 6.07 Å². The molecule has 1 fully saturated rings. The fourth-order valence-corrected chi connectivity index (χ4v) is 2.99. The predicted octanol–water partition coefficient (Wildman–Crippen LogP) is 1.74. The molecule has 0 saturated carbocycles. The molecule has 7 heteroatoms. The Labute approximate surface area is 144 Å². The van der Waals surface area contributed by atoms with Gasteiger partial charge in [0.15, 0.2) is 0 Å². The molecule has 1 saturated heterocycles. The van der Waals surface area contributed by atoms with Crippen LogP contribution in [0.1, 0.15) is 22.3 Å². The molecule has 25 heavy (non-hydrogen) atoms. The van der Waals surface area contributed by atoms with Gasteiger partial charge in [0.25, 0.3) is 5.91 Å². The molecule has 1 N–H and O–H groups in total. The number of carbonyl (C=O) groups is 2. The Morgan fingerprint density at radius 3 is 3.00 bits per heavy atom. The van der Waals surface area contributed by atoms with Gasteiger partial charge in [-0.25, -0.2) is 4.39 Å². The summed E-state index contributed by atoms with van der Waals surface area (Å²) in [4.78, 5) is 30.0. The Bertz CT molecular complexity index is 877. The highest BCUT2D eigenvalue weighted by atomic mass is 19.1. The summed E-state index contributed by atoms with van der Waals surface area (Å²) in [5.41, 5.74) is 2.15. The van der Waals surface area contributed by atoms with Crippen molar-refractivity contribution in [2.45, 2.75) is 25.6 Å². The van der Waals surface area contributed by atoms with Crippen molar-refractivity contribution in [2.75, 3.05) is 13.1 Å². The molecule has 0 radical (unpaired) electrons. The van der Waals surface area contributed by atoms with Crippen LogP contribution in [0.2, 0.25) is 0 Å². The molecule has 1 aliphatic heterocycles. The van der Waals surface area contributed by atoms with Crippen LogP contribution in [0.25, 0.3) is 10.9 Å². The summed E-state index contributed by atoms with van der Waals surface area (Å²) in [6.07, 6.45) is 0.361. The van der Waals surface area contributed by atoms with Crippen molar-refractivity contribution in [1.29, 1.82) is 5.26 Å². The highest BCUT2D eigenvalue weighted by Crippen LogP contribution is 2.20. The second-order valence-electron chi connectivity index (χ2n) is 6.09. The number of nitriles is 1. The van der Waals surface area contributed by atoms with E-state index in [9.17, 15) is 14.0 Å². The van der Waals surface area contributed by atoms with E-state index in [0.29, 0.717) is 16.5 Å². The van der Waals surface area contributed by atoms with Crippen LogP contribution in [0.3, 0.4) is 0 Å². The van der Waals surface area contributed by atoms with Crippen LogP contribution in [0.15, 0.2) is 30.5 Å². The Morgan fingerprint density at radius 2 is 2.24 bits per heavy atom. The fraction of sp³-hybridized carbons (Fsp3) is 0.333. The lowest BCUT2D eigenvalue weighted by Crippen LogP contribution is -2.42. The lowest BCUT2D eigenvalue weighted by atomic mass is 10.1. The number of rotatable bonds is 3. The van der Waals surface area contributed by atoms with Crippen molar-refractivity contribution in [2.24, 2.45) is 0 Å². The van der Waals surface area contributed by atoms with Crippen LogP contribution in [0.5, 0.6) is 0 Å². The SMILES string of the molecule is Cc1ccc2c(C(=O)NCC(=O)N3CC(F)C[C@H]3C#N)ccnc2c1. The van der Waals surface area contributed by atoms with E-state index in [1.807, 2.05) is 31.2 Å². The van der Waals surface area contributed by atoms with Gasteiger partial charge in [0.2, 0.25) is 5.91 Å². The van der Waals surface area contributed by atoms with Crippen LogP contribution in [0, 0.1) is 18.3 Å². The smallest absolute Gasteiger partial charge is 0.252 e. The molecular formula is C18H17FN4O2. The van der Waals surface area contributed by atoms with Crippen LogP contribution in [-0.2, 0) is 4.79 Å².